The van der Waals surface area contributed by atoms with E-state index in [-0.39, 0.29) is 0 Å². The molecule has 55 heavy (non-hydrogen) atoms. The monoisotopic (exact) mass is 710 g/mol. The summed E-state index contributed by atoms with van der Waals surface area (Å²) in [6.07, 6.45) is 20.6. The molecule has 2 nitrogen and oxygen atoms in total. The van der Waals surface area contributed by atoms with Gasteiger partial charge in [-0.2, -0.15) is 0 Å². The third kappa shape index (κ3) is 5.79. The van der Waals surface area contributed by atoms with Crippen LogP contribution >= 0.6 is 0 Å². The zero-order valence-electron chi connectivity index (χ0n) is 31.4. The van der Waals surface area contributed by atoms with Crippen molar-refractivity contribution in [2.24, 2.45) is 0 Å². The molecule has 1 atom stereocenters. The van der Waals surface area contributed by atoms with Gasteiger partial charge in [-0.3, -0.25) is 0 Å². The Labute approximate surface area is 326 Å². The van der Waals surface area contributed by atoms with Crippen LogP contribution in [0.3, 0.4) is 0 Å². The zero-order chi connectivity index (χ0) is 36.6. The van der Waals surface area contributed by atoms with Crippen molar-refractivity contribution >= 4 is 28.8 Å². The molecule has 0 aliphatic heterocycles. The number of hydrogen-bond acceptors (Lipinski definition) is 2. The number of para-hydroxylation sites is 2. The predicted octanol–water partition coefficient (Wildman–Crippen LogP) is 14.0. The van der Waals surface area contributed by atoms with Gasteiger partial charge in [-0.25, -0.2) is 0 Å². The van der Waals surface area contributed by atoms with E-state index in [2.05, 4.69) is 192 Å². The first-order valence-corrected chi connectivity index (χ1v) is 20.2. The molecule has 0 saturated heterocycles. The Bertz CT molecular complexity index is 2490. The van der Waals surface area contributed by atoms with Gasteiger partial charge < -0.3 is 9.80 Å². The van der Waals surface area contributed by atoms with Crippen LogP contribution in [0.25, 0.3) is 17.2 Å². The first-order valence-electron chi connectivity index (χ1n) is 20.2. The fourth-order valence-electron chi connectivity index (χ4n) is 9.77. The van der Waals surface area contributed by atoms with Crippen LogP contribution in [0.1, 0.15) is 72.8 Å². The van der Waals surface area contributed by atoms with Crippen molar-refractivity contribution in [1.29, 1.82) is 0 Å². The van der Waals surface area contributed by atoms with Crippen molar-refractivity contribution in [3.63, 3.8) is 0 Å². The van der Waals surface area contributed by atoms with Crippen LogP contribution in [0, 0.1) is 0 Å². The molecule has 0 spiro atoms. The summed E-state index contributed by atoms with van der Waals surface area (Å²) in [5.74, 6) is 0. The minimum Gasteiger partial charge on any atom is -0.314 e. The molecule has 6 aromatic carbocycles. The lowest BCUT2D eigenvalue weighted by atomic mass is 9.64. The van der Waals surface area contributed by atoms with Crippen molar-refractivity contribution < 1.29 is 0 Å². The lowest BCUT2D eigenvalue weighted by Gasteiger charge is -2.39. The number of nitrogens with zero attached hydrogens (tertiary/aromatic N) is 2. The van der Waals surface area contributed by atoms with Gasteiger partial charge in [0.1, 0.15) is 0 Å². The van der Waals surface area contributed by atoms with E-state index >= 15 is 0 Å². The average molecular weight is 711 g/mol. The highest BCUT2D eigenvalue weighted by molar-refractivity contribution is 5.91. The molecule has 0 heterocycles. The maximum absolute atomic E-state index is 2.59. The lowest BCUT2D eigenvalue weighted by molar-refractivity contribution is 0.612. The number of fused-ring (bicyclic) bond motifs is 4. The van der Waals surface area contributed by atoms with Gasteiger partial charge in [0.25, 0.3) is 0 Å². The van der Waals surface area contributed by atoms with E-state index in [1.165, 1.54) is 91.5 Å². The Morgan fingerprint density at radius 2 is 1.09 bits per heavy atom. The van der Waals surface area contributed by atoms with Gasteiger partial charge in [0, 0.05) is 34.1 Å². The van der Waals surface area contributed by atoms with Crippen molar-refractivity contribution in [3.05, 3.63) is 221 Å². The Balaban J connectivity index is 1.22. The summed E-state index contributed by atoms with van der Waals surface area (Å²) >= 11 is 0. The van der Waals surface area contributed by atoms with Crippen molar-refractivity contribution in [3.8, 4) is 11.1 Å². The van der Waals surface area contributed by atoms with Crippen molar-refractivity contribution in [2.45, 2.75) is 56.8 Å². The molecule has 6 aromatic rings. The van der Waals surface area contributed by atoms with Gasteiger partial charge in [-0.1, -0.05) is 127 Å². The van der Waals surface area contributed by atoms with Gasteiger partial charge in [0.15, 0.2) is 0 Å². The molecular formula is C53H46N2. The van der Waals surface area contributed by atoms with Crippen LogP contribution in [0.4, 0.5) is 22.7 Å². The molecule has 4 aliphatic rings. The highest BCUT2D eigenvalue weighted by atomic mass is 15.2. The van der Waals surface area contributed by atoms with E-state index in [9.17, 15) is 0 Å². The topological polar surface area (TPSA) is 6.48 Å². The molecule has 0 N–H and O–H groups in total. The SMILES string of the molecule is C1=CCCC(N(c2ccccc2)c2ccc3c(c2)C(C2=CCCCC2)(c2ccccc2)c2cc(N(C4=Cc5ccccc5CC4)c4ccccc4)ccc2-3)=C1. The Morgan fingerprint density at radius 3 is 1.71 bits per heavy atom. The highest BCUT2D eigenvalue weighted by Gasteiger charge is 2.48. The molecule has 1 unspecified atom stereocenters. The van der Waals surface area contributed by atoms with E-state index in [4.69, 9.17) is 0 Å². The third-order valence-electron chi connectivity index (χ3n) is 12.2. The second kappa shape index (κ2) is 14.3. The quantitative estimate of drug-likeness (QED) is 0.145. The molecule has 0 fully saturated rings. The Kier molecular flexibility index (Phi) is 8.68. The third-order valence-corrected chi connectivity index (χ3v) is 12.2. The van der Waals surface area contributed by atoms with E-state index in [1.54, 1.807) is 0 Å². The van der Waals surface area contributed by atoms with Gasteiger partial charge >= 0.3 is 0 Å². The Morgan fingerprint density at radius 1 is 0.473 bits per heavy atom. The molecular weight excluding hydrogens is 665 g/mol. The van der Waals surface area contributed by atoms with Crippen LogP contribution in [-0.4, -0.2) is 0 Å². The number of aryl methyl sites for hydroxylation is 1. The summed E-state index contributed by atoms with van der Waals surface area (Å²) in [6, 6.07) is 56.9. The summed E-state index contributed by atoms with van der Waals surface area (Å²) in [5, 5.41) is 0. The van der Waals surface area contributed by atoms with Crippen molar-refractivity contribution in [2.75, 3.05) is 9.80 Å². The highest BCUT2D eigenvalue weighted by Crippen LogP contribution is 2.60. The molecule has 0 radical (unpaired) electrons. The summed E-state index contributed by atoms with van der Waals surface area (Å²) in [4.78, 5) is 5.02. The smallest absolute Gasteiger partial charge is 0.0674 e. The fourth-order valence-corrected chi connectivity index (χ4v) is 9.77. The predicted molar refractivity (Wildman–Crippen MR) is 231 cm³/mol. The zero-order valence-corrected chi connectivity index (χ0v) is 31.4. The average Bonchev–Trinajstić information content (AvgIpc) is 3.55. The van der Waals surface area contributed by atoms with E-state index in [1.807, 2.05) is 0 Å². The Hall–Kier alpha value is -6.12. The van der Waals surface area contributed by atoms with Gasteiger partial charge in [0.05, 0.1) is 5.41 Å². The minimum atomic E-state index is -0.419. The summed E-state index contributed by atoms with van der Waals surface area (Å²) in [7, 11) is 0. The number of hydrogen-bond donors (Lipinski definition) is 0. The van der Waals surface area contributed by atoms with Crippen LogP contribution in [0.2, 0.25) is 0 Å². The lowest BCUT2D eigenvalue weighted by Crippen LogP contribution is -2.31. The second-order valence-corrected chi connectivity index (χ2v) is 15.4. The normalized spacial score (nSPS) is 18.3. The summed E-state index contributed by atoms with van der Waals surface area (Å²) in [6.45, 7) is 0. The van der Waals surface area contributed by atoms with E-state index < -0.39 is 5.41 Å². The molecule has 0 bridgehead atoms. The minimum absolute atomic E-state index is 0.419. The van der Waals surface area contributed by atoms with Gasteiger partial charge in [-0.05, 0) is 151 Å². The molecule has 268 valence electrons. The van der Waals surface area contributed by atoms with Gasteiger partial charge in [-0.15, -0.1) is 0 Å². The molecule has 0 amide bonds. The van der Waals surface area contributed by atoms with Crippen LogP contribution in [0.15, 0.2) is 193 Å². The standard InChI is InChI=1S/C53H46N2/c1-6-20-41(21-7-1)53(42-22-8-2-9-23-42)51-37-47(54(43-24-10-3-11-25-43)44-26-12-4-13-27-44)32-34-49(51)50-35-33-48(38-52(50)53)55(45-28-14-5-15-29-45)46-31-30-39-18-16-17-19-40(39)36-46/h1,3-7,10-12,14-22,24-26,28-29,32-38H,2,8-9,13,23,27,30-31H2. The van der Waals surface area contributed by atoms with E-state index in [0.29, 0.717) is 0 Å². The van der Waals surface area contributed by atoms with Crippen LogP contribution in [0.5, 0.6) is 0 Å². The number of anilines is 4. The summed E-state index contributed by atoms with van der Waals surface area (Å²) in [5.41, 5.74) is 18.1. The number of allylic oxidation sites excluding steroid dienone is 7. The molecule has 0 aromatic heterocycles. The first kappa shape index (κ1) is 33.4. The second-order valence-electron chi connectivity index (χ2n) is 15.4. The fraction of sp³-hybridized carbons (Fsp3) is 0.170. The molecule has 10 rings (SSSR count). The molecule has 2 heteroatoms. The maximum Gasteiger partial charge on any atom is 0.0674 e. The van der Waals surface area contributed by atoms with Crippen molar-refractivity contribution in [1.82, 2.24) is 0 Å². The largest absolute Gasteiger partial charge is 0.314 e. The van der Waals surface area contributed by atoms with Crippen LogP contribution < -0.4 is 9.80 Å². The molecule has 0 saturated carbocycles. The molecule has 4 aliphatic carbocycles. The number of rotatable bonds is 8. The van der Waals surface area contributed by atoms with Crippen LogP contribution in [-0.2, 0) is 11.8 Å². The van der Waals surface area contributed by atoms with E-state index in [0.717, 1.165) is 38.5 Å². The summed E-state index contributed by atoms with van der Waals surface area (Å²) < 4.78 is 0. The van der Waals surface area contributed by atoms with Gasteiger partial charge in [0.2, 0.25) is 0 Å². The maximum atomic E-state index is 2.59. The number of benzene rings is 6. The first-order chi connectivity index (χ1) is 27.3.